The van der Waals surface area contributed by atoms with E-state index in [1.54, 1.807) is 12.1 Å². The van der Waals surface area contributed by atoms with Crippen LogP contribution in [0.3, 0.4) is 0 Å². The van der Waals surface area contributed by atoms with Gasteiger partial charge in [0.1, 0.15) is 0 Å². The predicted octanol–water partition coefficient (Wildman–Crippen LogP) is 1.98. The van der Waals surface area contributed by atoms with Gasteiger partial charge in [-0.25, -0.2) is 0 Å². The van der Waals surface area contributed by atoms with Gasteiger partial charge in [-0.2, -0.15) is 13.2 Å². The van der Waals surface area contributed by atoms with Crippen molar-refractivity contribution in [2.24, 2.45) is 5.92 Å². The van der Waals surface area contributed by atoms with Gasteiger partial charge in [0.05, 0.1) is 7.11 Å². The van der Waals surface area contributed by atoms with Crippen LogP contribution in [0.2, 0.25) is 5.02 Å². The van der Waals surface area contributed by atoms with Crippen LogP contribution < -0.4 is 44.5 Å². The van der Waals surface area contributed by atoms with Crippen molar-refractivity contribution in [3.8, 4) is 22.2 Å². The number of methoxy groups -OCH3 is 1. The minimum atomic E-state index is -4.67. The van der Waals surface area contributed by atoms with E-state index in [4.69, 9.17) is 21.1 Å². The Hall–Kier alpha value is -3.27. The number of rotatable bonds is 9. The summed E-state index contributed by atoms with van der Waals surface area (Å²) in [6.45, 7) is -0.0335. The van der Waals surface area contributed by atoms with E-state index in [0.29, 0.717) is 24.6 Å². The first-order valence-electron chi connectivity index (χ1n) is 18.1. The summed E-state index contributed by atoms with van der Waals surface area (Å²) in [4.78, 5) is 54.2. The Labute approximate surface area is 341 Å². The van der Waals surface area contributed by atoms with Crippen molar-refractivity contribution < 1.29 is 66.9 Å². The number of benzene rings is 1. The number of fused-ring (bicyclic) bond motifs is 3. The molecule has 4 heterocycles. The van der Waals surface area contributed by atoms with Gasteiger partial charge >= 0.3 is 294 Å². The zero-order valence-corrected chi connectivity index (χ0v) is 34.9. The van der Waals surface area contributed by atoms with Crippen LogP contribution in [0, 0.1) is 5.92 Å². The van der Waals surface area contributed by atoms with E-state index in [1.807, 2.05) is 17.1 Å². The number of allylic oxidation sites excluding steroid dienone is 1. The molecule has 5 atom stereocenters. The third-order valence-corrected chi connectivity index (χ3v) is 14.9. The number of aromatic nitrogens is 2. The summed E-state index contributed by atoms with van der Waals surface area (Å²) in [5.74, 6) is -1.74. The van der Waals surface area contributed by atoms with Crippen LogP contribution >= 0.6 is 22.9 Å². The van der Waals surface area contributed by atoms with Crippen molar-refractivity contribution in [3.05, 3.63) is 46.4 Å². The second-order valence-electron chi connectivity index (χ2n) is 14.4. The number of sulfonamides is 1. The second-order valence-corrected chi connectivity index (χ2v) is 19.3. The molecule has 1 aromatic carbocycles. The van der Waals surface area contributed by atoms with Crippen molar-refractivity contribution in [3.63, 3.8) is 0 Å². The van der Waals surface area contributed by atoms with Gasteiger partial charge in [0, 0.05) is 5.38 Å². The molecule has 1 saturated heterocycles. The van der Waals surface area contributed by atoms with E-state index in [9.17, 15) is 36.0 Å². The number of nitrogens with one attached hydrogen (secondary N) is 3. The van der Waals surface area contributed by atoms with E-state index in [-0.39, 0.29) is 58.0 Å². The Bertz CT molecular complexity index is 2170. The van der Waals surface area contributed by atoms with Crippen molar-refractivity contribution in [1.82, 2.24) is 28.4 Å². The number of halogens is 5. The maximum atomic E-state index is 14.4. The Morgan fingerprint density at radius 1 is 1.14 bits per heavy atom. The van der Waals surface area contributed by atoms with Gasteiger partial charge in [-0.1, -0.05) is 0 Å². The van der Waals surface area contributed by atoms with E-state index < -0.39 is 90.1 Å². The number of ether oxygens (including phenoxy) is 2. The average molecular weight is 952 g/mol. The third-order valence-electron chi connectivity index (χ3n) is 10.5. The topological polar surface area (TPSA) is 169 Å². The van der Waals surface area contributed by atoms with Gasteiger partial charge in [-0.05, 0) is 12.8 Å². The number of pyridine rings is 1. The second kappa shape index (κ2) is 16.2. The molecule has 0 radical (unpaired) electrons. The van der Waals surface area contributed by atoms with E-state index in [0.717, 1.165) is 42.4 Å². The molecule has 4 aliphatic rings. The van der Waals surface area contributed by atoms with E-state index in [2.05, 4.69) is 23.5 Å². The molecule has 3 amide bonds. The van der Waals surface area contributed by atoms with Gasteiger partial charge in [0.2, 0.25) is 0 Å². The zero-order chi connectivity index (χ0) is 40.0. The molecule has 0 unspecified atom stereocenters. The molecule has 7 rings (SSSR count). The number of alkyl halides is 4. The standard InChI is InChI=1S/C36H40ClF3IN6O7S2/c1-41-45-23-9-7-5-3-4-6-8-19-16-35(19,34(50)46-56(51,52)21-10-11-21)44-31(48)25-14-20(17-47(25)33(23)49)54-27-15-24(32-43-28(18-55-32)36(38,39)40)42-30-22(27)12-13-26(53-2)29(30)37/h6,8,12-13,15,18-21,23,25,45H,3-5,7,9-11,14,16-17H2,1-2H3,(H,44,48)(H,46,50)/q-1/b8-6-/t19-,20+,23-,25-,35+/m0/s1. The van der Waals surface area contributed by atoms with Crippen molar-refractivity contribution in [2.75, 3.05) is 18.6 Å². The van der Waals surface area contributed by atoms with Gasteiger partial charge in [0.15, 0.2) is 5.69 Å². The first-order valence-corrected chi connectivity index (χ1v) is 24.2. The fraction of sp³-hybridized carbons (Fsp3) is 0.528. The number of thiazole rings is 1. The minimum absolute atomic E-state index is 0.0114. The summed E-state index contributed by atoms with van der Waals surface area (Å²) in [6.07, 6.45) is 3.17. The maximum absolute atomic E-state index is 14.4. The van der Waals surface area contributed by atoms with Gasteiger partial charge in [-0.3, -0.25) is 0 Å². The van der Waals surface area contributed by atoms with Crippen LogP contribution in [0.5, 0.6) is 11.5 Å². The summed E-state index contributed by atoms with van der Waals surface area (Å²) < 4.78 is 83.7. The molecule has 2 saturated carbocycles. The van der Waals surface area contributed by atoms with E-state index >= 15 is 0 Å². The number of amides is 3. The van der Waals surface area contributed by atoms with Crippen LogP contribution in [0.15, 0.2) is 35.7 Å². The zero-order valence-electron chi connectivity index (χ0n) is 30.3. The fourth-order valence-corrected chi connectivity index (χ4v) is 11.0. The van der Waals surface area contributed by atoms with Gasteiger partial charge < -0.3 is 4.74 Å². The summed E-state index contributed by atoms with van der Waals surface area (Å²) in [6, 6.07) is 3.03. The van der Waals surface area contributed by atoms with Crippen LogP contribution in [0.25, 0.3) is 21.6 Å². The van der Waals surface area contributed by atoms with Crippen LogP contribution in [-0.2, 0) is 30.6 Å². The first kappa shape index (κ1) is 40.9. The first-order chi connectivity index (χ1) is 26.6. The molecule has 3 aromatic rings. The Balaban J connectivity index is 1.23. The summed E-state index contributed by atoms with van der Waals surface area (Å²) in [5, 5.41) is 3.57. The number of carbonyl (C=O) groups excluding carboxylic acids is 3. The molecule has 2 aliphatic carbocycles. The summed E-state index contributed by atoms with van der Waals surface area (Å²) in [7, 11) is -2.50. The SMILES string of the molecule is COc1ccc2c(O[C@@H]3C[C@H]4C(=O)N[C@]5(C(=O)NS(=O)(=O)C6CC6)C[C@@H]5/C=C\CCCCC[C@H](N[I-]C)C(=O)N4C3)cc(-c3nc(C(F)(F)F)cs3)nc2c1Cl. The van der Waals surface area contributed by atoms with Crippen LogP contribution in [-0.4, -0.2) is 88.6 Å². The van der Waals surface area contributed by atoms with E-state index in [1.165, 1.54) is 18.1 Å². The number of nitrogens with zero attached hydrogens (tertiary/aromatic N) is 3. The van der Waals surface area contributed by atoms with Crippen molar-refractivity contribution in [1.29, 1.82) is 0 Å². The molecule has 304 valence electrons. The molecular formula is C36H40ClF3IN6O7S2-. The molecule has 0 spiro atoms. The molecular weight excluding hydrogens is 912 g/mol. The Kier molecular flexibility index (Phi) is 11.8. The summed E-state index contributed by atoms with van der Waals surface area (Å²) in [5.41, 5.74) is -2.36. The molecule has 2 aliphatic heterocycles. The predicted molar refractivity (Wildman–Crippen MR) is 198 cm³/mol. The van der Waals surface area contributed by atoms with Crippen LogP contribution in [0.1, 0.15) is 63.5 Å². The molecule has 13 nitrogen and oxygen atoms in total. The molecule has 3 N–H and O–H groups in total. The molecule has 3 fully saturated rings. The normalized spacial score (nSPS) is 26.8. The van der Waals surface area contributed by atoms with Crippen molar-refractivity contribution in [2.45, 2.75) is 92.9 Å². The van der Waals surface area contributed by atoms with Gasteiger partial charge in [0.25, 0.3) is 0 Å². The van der Waals surface area contributed by atoms with Crippen LogP contribution in [0.4, 0.5) is 13.2 Å². The Morgan fingerprint density at radius 2 is 1.93 bits per heavy atom. The molecule has 56 heavy (non-hydrogen) atoms. The molecule has 20 heteroatoms. The average Bonchev–Trinajstić information content (AvgIpc) is 4.02. The summed E-state index contributed by atoms with van der Waals surface area (Å²) >= 11 is 6.88. The quantitative estimate of drug-likeness (QED) is 0.125. The fourth-order valence-electron chi connectivity index (χ4n) is 7.22. The monoisotopic (exact) mass is 951 g/mol. The molecule has 2 aromatic heterocycles. The molecule has 0 bridgehead atoms. The Morgan fingerprint density at radius 3 is 2.62 bits per heavy atom. The van der Waals surface area contributed by atoms with Gasteiger partial charge in [-0.15, -0.1) is 0 Å². The number of hydrogen-bond donors (Lipinski definition) is 3. The number of hydrogen-bond acceptors (Lipinski definition) is 11. The number of carbonyl (C=O) groups is 3. The third kappa shape index (κ3) is 8.47. The van der Waals surface area contributed by atoms with Crippen molar-refractivity contribution >= 4 is 61.6 Å².